The second-order valence-corrected chi connectivity index (χ2v) is 5.35. The number of carbonyl (C=O) groups is 1. The van der Waals surface area contributed by atoms with Crippen LogP contribution in [0.25, 0.3) is 10.9 Å². The zero-order valence-electron chi connectivity index (χ0n) is 10.7. The summed E-state index contributed by atoms with van der Waals surface area (Å²) < 4.78 is 0. The van der Waals surface area contributed by atoms with E-state index in [1.54, 1.807) is 17.6 Å². The van der Waals surface area contributed by atoms with Gasteiger partial charge in [0.2, 0.25) is 5.78 Å². The van der Waals surface area contributed by atoms with Crippen molar-refractivity contribution in [2.45, 2.75) is 6.42 Å². The van der Waals surface area contributed by atoms with Gasteiger partial charge in [0.25, 0.3) is 0 Å². The van der Waals surface area contributed by atoms with Crippen LogP contribution >= 0.6 is 11.3 Å². The number of carbonyl (C=O) groups excluding carboxylic acids is 1. The molecular weight excluding hydrogens is 270 g/mol. The highest BCUT2D eigenvalue weighted by atomic mass is 32.1. The molecule has 0 aliphatic rings. The lowest BCUT2D eigenvalue weighted by Gasteiger charge is -2.00. The van der Waals surface area contributed by atoms with E-state index in [-0.39, 0.29) is 5.78 Å². The van der Waals surface area contributed by atoms with Crippen molar-refractivity contribution >= 4 is 28.0 Å². The van der Waals surface area contributed by atoms with Gasteiger partial charge in [0.05, 0.1) is 10.5 Å². The average molecular weight is 283 g/mol. The summed E-state index contributed by atoms with van der Waals surface area (Å²) >= 11 is 1.47. The van der Waals surface area contributed by atoms with Crippen molar-refractivity contribution < 1.29 is 4.79 Å². The third-order valence-corrected chi connectivity index (χ3v) is 3.92. The first kappa shape index (κ1) is 12.9. The van der Waals surface area contributed by atoms with E-state index in [0.29, 0.717) is 24.2 Å². The standard InChI is InChI=1S/C15H13N3OS/c16-6-5-14-18-13(9-20-14)15(19)11-4-3-10-2-1-7-17-12(10)8-11/h1-4,7-9H,5-6,16H2. The van der Waals surface area contributed by atoms with E-state index in [1.807, 2.05) is 24.3 Å². The zero-order chi connectivity index (χ0) is 13.9. The van der Waals surface area contributed by atoms with Crippen LogP contribution in [-0.2, 0) is 6.42 Å². The van der Waals surface area contributed by atoms with E-state index in [0.717, 1.165) is 15.9 Å². The van der Waals surface area contributed by atoms with Crippen molar-refractivity contribution in [2.75, 3.05) is 6.54 Å². The van der Waals surface area contributed by atoms with E-state index < -0.39 is 0 Å². The molecule has 4 nitrogen and oxygen atoms in total. The number of thiazole rings is 1. The van der Waals surface area contributed by atoms with Crippen molar-refractivity contribution in [2.24, 2.45) is 5.73 Å². The fraction of sp³-hybridized carbons (Fsp3) is 0.133. The van der Waals surface area contributed by atoms with Crippen molar-refractivity contribution in [1.29, 1.82) is 0 Å². The predicted molar refractivity (Wildman–Crippen MR) is 80.0 cm³/mol. The highest BCUT2D eigenvalue weighted by Crippen LogP contribution is 2.18. The summed E-state index contributed by atoms with van der Waals surface area (Å²) in [5.41, 5.74) is 7.40. The molecule has 2 N–H and O–H groups in total. The molecule has 0 bridgehead atoms. The van der Waals surface area contributed by atoms with Crippen molar-refractivity contribution in [1.82, 2.24) is 9.97 Å². The minimum atomic E-state index is -0.0722. The Morgan fingerprint density at radius 3 is 3.05 bits per heavy atom. The van der Waals surface area contributed by atoms with Crippen LogP contribution < -0.4 is 5.73 Å². The molecular formula is C15H13N3OS. The molecule has 0 atom stereocenters. The minimum Gasteiger partial charge on any atom is -0.330 e. The molecule has 2 aromatic heterocycles. The van der Waals surface area contributed by atoms with E-state index >= 15 is 0 Å². The molecule has 0 fully saturated rings. The molecule has 2 heterocycles. The van der Waals surface area contributed by atoms with Crippen LogP contribution in [0.1, 0.15) is 21.1 Å². The summed E-state index contributed by atoms with van der Waals surface area (Å²) in [5.74, 6) is -0.0722. The van der Waals surface area contributed by atoms with Crippen LogP contribution in [0.3, 0.4) is 0 Å². The smallest absolute Gasteiger partial charge is 0.212 e. The van der Waals surface area contributed by atoms with Gasteiger partial charge in [-0.3, -0.25) is 9.78 Å². The number of ketones is 1. The summed E-state index contributed by atoms with van der Waals surface area (Å²) in [6.45, 7) is 0.543. The van der Waals surface area contributed by atoms with E-state index in [9.17, 15) is 4.79 Å². The van der Waals surface area contributed by atoms with Crippen LogP contribution in [-0.4, -0.2) is 22.3 Å². The summed E-state index contributed by atoms with van der Waals surface area (Å²) in [5, 5.41) is 3.71. The molecule has 0 aliphatic carbocycles. The molecule has 3 aromatic rings. The second-order valence-electron chi connectivity index (χ2n) is 4.41. The first-order chi connectivity index (χ1) is 9.78. The lowest BCUT2D eigenvalue weighted by Crippen LogP contribution is -2.05. The van der Waals surface area contributed by atoms with Crippen LogP contribution in [0.15, 0.2) is 41.9 Å². The maximum absolute atomic E-state index is 12.4. The van der Waals surface area contributed by atoms with Crippen molar-refractivity contribution in [3.63, 3.8) is 0 Å². The van der Waals surface area contributed by atoms with Crippen LogP contribution in [0.4, 0.5) is 0 Å². The highest BCUT2D eigenvalue weighted by molar-refractivity contribution is 7.09. The third-order valence-electron chi connectivity index (χ3n) is 3.01. The number of hydrogen-bond donors (Lipinski definition) is 1. The molecule has 1 aromatic carbocycles. The summed E-state index contributed by atoms with van der Waals surface area (Å²) in [7, 11) is 0. The van der Waals surface area contributed by atoms with E-state index in [2.05, 4.69) is 9.97 Å². The molecule has 0 aliphatic heterocycles. The number of aromatic nitrogens is 2. The largest absolute Gasteiger partial charge is 0.330 e. The summed E-state index contributed by atoms with van der Waals surface area (Å²) in [6.07, 6.45) is 2.43. The SMILES string of the molecule is NCCc1nc(C(=O)c2ccc3cccnc3c2)cs1. The maximum atomic E-state index is 12.4. The Labute approximate surface area is 120 Å². The monoisotopic (exact) mass is 283 g/mol. The van der Waals surface area contributed by atoms with Crippen LogP contribution in [0, 0.1) is 0 Å². The van der Waals surface area contributed by atoms with Gasteiger partial charge in [-0.15, -0.1) is 11.3 Å². The lowest BCUT2D eigenvalue weighted by atomic mass is 10.1. The average Bonchev–Trinajstić information content (AvgIpc) is 2.95. The fourth-order valence-corrected chi connectivity index (χ4v) is 2.80. The Balaban J connectivity index is 1.94. The van der Waals surface area contributed by atoms with Gasteiger partial charge in [-0.25, -0.2) is 4.98 Å². The number of nitrogens with two attached hydrogens (primary N) is 1. The van der Waals surface area contributed by atoms with Crippen molar-refractivity contribution in [3.05, 3.63) is 58.2 Å². The molecule has 0 unspecified atom stereocenters. The third kappa shape index (κ3) is 2.45. The van der Waals surface area contributed by atoms with Crippen LogP contribution in [0.2, 0.25) is 0 Å². The topological polar surface area (TPSA) is 68.9 Å². The Morgan fingerprint density at radius 1 is 1.30 bits per heavy atom. The van der Waals surface area contributed by atoms with E-state index in [4.69, 9.17) is 5.73 Å². The molecule has 5 heteroatoms. The fourth-order valence-electron chi connectivity index (χ4n) is 2.01. The first-order valence-electron chi connectivity index (χ1n) is 6.32. The Bertz CT molecular complexity index is 766. The van der Waals surface area contributed by atoms with Gasteiger partial charge < -0.3 is 5.73 Å². The van der Waals surface area contributed by atoms with Gasteiger partial charge in [0.1, 0.15) is 5.69 Å². The Morgan fingerprint density at radius 2 is 2.20 bits per heavy atom. The molecule has 3 rings (SSSR count). The lowest BCUT2D eigenvalue weighted by molar-refractivity contribution is 0.103. The molecule has 0 amide bonds. The summed E-state index contributed by atoms with van der Waals surface area (Å²) in [6, 6.07) is 9.37. The highest BCUT2D eigenvalue weighted by Gasteiger charge is 2.13. The molecule has 20 heavy (non-hydrogen) atoms. The summed E-state index contributed by atoms with van der Waals surface area (Å²) in [4.78, 5) is 21.0. The van der Waals surface area contributed by atoms with Crippen molar-refractivity contribution in [3.8, 4) is 0 Å². The Hall–Kier alpha value is -2.11. The van der Waals surface area contributed by atoms with Gasteiger partial charge in [-0.2, -0.15) is 0 Å². The molecule has 100 valence electrons. The quantitative estimate of drug-likeness (QED) is 0.747. The molecule has 0 saturated carbocycles. The number of nitrogens with zero attached hydrogens (tertiary/aromatic N) is 2. The number of fused-ring (bicyclic) bond motifs is 1. The van der Waals surface area contributed by atoms with E-state index in [1.165, 1.54) is 11.3 Å². The van der Waals surface area contributed by atoms with Gasteiger partial charge in [-0.1, -0.05) is 18.2 Å². The van der Waals surface area contributed by atoms with Gasteiger partial charge >= 0.3 is 0 Å². The molecule has 0 saturated heterocycles. The van der Waals surface area contributed by atoms with Gasteiger partial charge in [-0.05, 0) is 18.7 Å². The minimum absolute atomic E-state index is 0.0722. The Kier molecular flexibility index (Phi) is 3.54. The number of benzene rings is 1. The van der Waals surface area contributed by atoms with Gasteiger partial charge in [0, 0.05) is 28.9 Å². The maximum Gasteiger partial charge on any atom is 0.212 e. The number of hydrogen-bond acceptors (Lipinski definition) is 5. The zero-order valence-corrected chi connectivity index (χ0v) is 11.6. The predicted octanol–water partition coefficient (Wildman–Crippen LogP) is 2.42. The molecule has 0 spiro atoms. The number of pyridine rings is 1. The normalized spacial score (nSPS) is 10.8. The van der Waals surface area contributed by atoms with Crippen LogP contribution in [0.5, 0.6) is 0 Å². The number of rotatable bonds is 4. The first-order valence-corrected chi connectivity index (χ1v) is 7.20. The van der Waals surface area contributed by atoms with Gasteiger partial charge in [0.15, 0.2) is 0 Å². The second kappa shape index (κ2) is 5.48. The molecule has 0 radical (unpaired) electrons.